The van der Waals surface area contributed by atoms with Gasteiger partial charge in [-0.25, -0.2) is 4.98 Å². The van der Waals surface area contributed by atoms with Crippen molar-refractivity contribution in [3.05, 3.63) is 39.1 Å². The molecule has 0 unspecified atom stereocenters. The summed E-state index contributed by atoms with van der Waals surface area (Å²) in [5, 5.41) is 4.02. The fourth-order valence-corrected chi connectivity index (χ4v) is 1.81. The van der Waals surface area contributed by atoms with Crippen LogP contribution in [-0.2, 0) is 13.0 Å². The highest BCUT2D eigenvalue weighted by Crippen LogP contribution is 2.05. The Hall–Kier alpha value is -1.69. The second kappa shape index (κ2) is 5.30. The molecule has 0 spiro atoms. The Morgan fingerprint density at radius 2 is 2.22 bits per heavy atom. The van der Waals surface area contributed by atoms with Gasteiger partial charge in [0, 0.05) is 12.5 Å². The summed E-state index contributed by atoms with van der Waals surface area (Å²) in [4.78, 5) is 20.0. The van der Waals surface area contributed by atoms with Gasteiger partial charge in [-0.15, -0.1) is 0 Å². The molecule has 96 valence electrons. The summed E-state index contributed by atoms with van der Waals surface area (Å²) in [5.74, 6) is 1.57. The first-order valence-corrected chi connectivity index (χ1v) is 6.03. The molecule has 7 heteroatoms. The summed E-state index contributed by atoms with van der Waals surface area (Å²) < 4.78 is 6.51. The van der Waals surface area contributed by atoms with Crippen molar-refractivity contribution in [3.8, 4) is 0 Å². The van der Waals surface area contributed by atoms with Gasteiger partial charge in [0.05, 0.1) is 6.54 Å². The zero-order valence-corrected chi connectivity index (χ0v) is 10.9. The minimum Gasteiger partial charge on any atom is -0.339 e. The highest BCUT2D eigenvalue weighted by molar-refractivity contribution is 6.29. The van der Waals surface area contributed by atoms with E-state index in [0.717, 1.165) is 12.8 Å². The quantitative estimate of drug-likeness (QED) is 0.787. The number of hydrogen-bond donors (Lipinski definition) is 0. The van der Waals surface area contributed by atoms with Crippen molar-refractivity contribution in [1.29, 1.82) is 0 Å². The number of aromatic nitrogens is 4. The van der Waals surface area contributed by atoms with E-state index in [1.165, 1.54) is 10.6 Å². The van der Waals surface area contributed by atoms with Gasteiger partial charge in [-0.05, 0) is 13.3 Å². The van der Waals surface area contributed by atoms with Gasteiger partial charge in [-0.1, -0.05) is 23.7 Å². The van der Waals surface area contributed by atoms with Crippen LogP contribution in [0.5, 0.6) is 0 Å². The lowest BCUT2D eigenvalue weighted by Crippen LogP contribution is -2.23. The molecule has 0 radical (unpaired) electrons. The Morgan fingerprint density at radius 1 is 1.44 bits per heavy atom. The summed E-state index contributed by atoms with van der Waals surface area (Å²) in [6.07, 6.45) is 1.67. The molecule has 0 amide bonds. The standard InChI is InChI=1S/C11H13ClN4O2/c1-3-4-10-14-9(15-18-10)6-16-7(2)13-8(12)5-11(16)17/h5H,3-4,6H2,1-2H3. The van der Waals surface area contributed by atoms with E-state index in [1.54, 1.807) is 6.92 Å². The fourth-order valence-electron chi connectivity index (χ4n) is 1.59. The minimum absolute atomic E-state index is 0.188. The predicted molar refractivity (Wildman–Crippen MR) is 65.6 cm³/mol. The van der Waals surface area contributed by atoms with E-state index in [-0.39, 0.29) is 17.3 Å². The summed E-state index contributed by atoms with van der Waals surface area (Å²) in [7, 11) is 0. The maximum Gasteiger partial charge on any atom is 0.255 e. The molecule has 2 aromatic heterocycles. The smallest absolute Gasteiger partial charge is 0.255 e. The van der Waals surface area contributed by atoms with Crippen LogP contribution in [-0.4, -0.2) is 19.7 Å². The Bertz CT molecular complexity index is 605. The Morgan fingerprint density at radius 3 is 2.89 bits per heavy atom. The van der Waals surface area contributed by atoms with Gasteiger partial charge < -0.3 is 4.52 Å². The van der Waals surface area contributed by atoms with E-state index in [0.29, 0.717) is 17.5 Å². The lowest BCUT2D eigenvalue weighted by Gasteiger charge is -2.05. The SMILES string of the molecule is CCCc1nc(Cn2c(C)nc(Cl)cc2=O)no1. The molecule has 0 atom stereocenters. The highest BCUT2D eigenvalue weighted by Gasteiger charge is 2.10. The van der Waals surface area contributed by atoms with Crippen LogP contribution in [0.15, 0.2) is 15.4 Å². The van der Waals surface area contributed by atoms with Gasteiger partial charge in [-0.3, -0.25) is 9.36 Å². The van der Waals surface area contributed by atoms with Gasteiger partial charge >= 0.3 is 0 Å². The molecule has 0 saturated carbocycles. The first-order chi connectivity index (χ1) is 8.60. The van der Waals surface area contributed by atoms with E-state index in [2.05, 4.69) is 15.1 Å². The zero-order valence-electron chi connectivity index (χ0n) is 10.2. The Balaban J connectivity index is 2.25. The van der Waals surface area contributed by atoms with Crippen LogP contribution in [0.4, 0.5) is 0 Å². The first-order valence-electron chi connectivity index (χ1n) is 5.65. The number of halogens is 1. The van der Waals surface area contributed by atoms with Gasteiger partial charge in [0.2, 0.25) is 5.89 Å². The van der Waals surface area contributed by atoms with Crippen molar-refractivity contribution in [1.82, 2.24) is 19.7 Å². The number of hydrogen-bond acceptors (Lipinski definition) is 5. The van der Waals surface area contributed by atoms with Crippen molar-refractivity contribution in [2.24, 2.45) is 0 Å². The van der Waals surface area contributed by atoms with E-state index in [1.807, 2.05) is 6.92 Å². The van der Waals surface area contributed by atoms with Crippen molar-refractivity contribution in [2.45, 2.75) is 33.2 Å². The molecule has 0 aliphatic rings. The third-order valence-corrected chi connectivity index (χ3v) is 2.64. The van der Waals surface area contributed by atoms with Crippen molar-refractivity contribution < 1.29 is 4.52 Å². The minimum atomic E-state index is -0.227. The van der Waals surface area contributed by atoms with Crippen LogP contribution in [0, 0.1) is 6.92 Å². The van der Waals surface area contributed by atoms with Gasteiger partial charge in [0.1, 0.15) is 11.0 Å². The molecule has 0 aromatic carbocycles. The van der Waals surface area contributed by atoms with Crippen molar-refractivity contribution in [3.63, 3.8) is 0 Å². The molecule has 0 aliphatic heterocycles. The molecule has 0 bridgehead atoms. The topological polar surface area (TPSA) is 73.8 Å². The number of nitrogens with zero attached hydrogens (tertiary/aromatic N) is 4. The van der Waals surface area contributed by atoms with Crippen LogP contribution in [0.2, 0.25) is 5.15 Å². The number of aryl methyl sites for hydroxylation is 2. The van der Waals surface area contributed by atoms with Gasteiger partial charge in [0.25, 0.3) is 5.56 Å². The maximum absolute atomic E-state index is 11.8. The summed E-state index contributed by atoms with van der Waals surface area (Å²) >= 11 is 5.70. The molecule has 18 heavy (non-hydrogen) atoms. The van der Waals surface area contributed by atoms with E-state index >= 15 is 0 Å². The average molecular weight is 269 g/mol. The average Bonchev–Trinajstić information content (AvgIpc) is 2.72. The summed E-state index contributed by atoms with van der Waals surface area (Å²) in [6.45, 7) is 3.98. The van der Waals surface area contributed by atoms with E-state index < -0.39 is 0 Å². The predicted octanol–water partition coefficient (Wildman–Crippen LogP) is 1.59. The monoisotopic (exact) mass is 268 g/mol. The zero-order chi connectivity index (χ0) is 13.1. The second-order valence-electron chi connectivity index (χ2n) is 3.90. The van der Waals surface area contributed by atoms with Crippen LogP contribution < -0.4 is 5.56 Å². The lowest BCUT2D eigenvalue weighted by atomic mass is 10.3. The molecule has 0 saturated heterocycles. The molecule has 2 heterocycles. The normalized spacial score (nSPS) is 10.8. The van der Waals surface area contributed by atoms with Crippen LogP contribution in [0.1, 0.15) is 30.9 Å². The van der Waals surface area contributed by atoms with Crippen molar-refractivity contribution >= 4 is 11.6 Å². The Kier molecular flexibility index (Phi) is 3.76. The summed E-state index contributed by atoms with van der Waals surface area (Å²) in [6, 6.07) is 1.27. The molecule has 0 N–H and O–H groups in total. The van der Waals surface area contributed by atoms with Crippen LogP contribution >= 0.6 is 11.6 Å². The Labute approximate surface area is 109 Å². The molecule has 0 fully saturated rings. The van der Waals surface area contributed by atoms with E-state index in [4.69, 9.17) is 16.1 Å². The fraction of sp³-hybridized carbons (Fsp3) is 0.455. The van der Waals surface area contributed by atoms with Crippen LogP contribution in [0.3, 0.4) is 0 Å². The van der Waals surface area contributed by atoms with Gasteiger partial charge in [-0.2, -0.15) is 4.98 Å². The second-order valence-corrected chi connectivity index (χ2v) is 4.29. The van der Waals surface area contributed by atoms with Crippen molar-refractivity contribution in [2.75, 3.05) is 0 Å². The highest BCUT2D eigenvalue weighted by atomic mass is 35.5. The maximum atomic E-state index is 11.8. The molecule has 2 rings (SSSR count). The summed E-state index contributed by atoms with van der Waals surface area (Å²) in [5.41, 5.74) is -0.227. The molecular formula is C11H13ClN4O2. The lowest BCUT2D eigenvalue weighted by molar-refractivity contribution is 0.370. The molecule has 0 aliphatic carbocycles. The first kappa shape index (κ1) is 12.8. The number of rotatable bonds is 4. The molecule has 6 nitrogen and oxygen atoms in total. The van der Waals surface area contributed by atoms with Gasteiger partial charge in [0.15, 0.2) is 5.82 Å². The van der Waals surface area contributed by atoms with Crippen LogP contribution in [0.25, 0.3) is 0 Å². The molecular weight excluding hydrogens is 256 g/mol. The largest absolute Gasteiger partial charge is 0.339 e. The third-order valence-electron chi connectivity index (χ3n) is 2.44. The third kappa shape index (κ3) is 2.76. The van der Waals surface area contributed by atoms with E-state index in [9.17, 15) is 4.79 Å². The molecule has 2 aromatic rings.